The zero-order chi connectivity index (χ0) is 11.3. The van der Waals surface area contributed by atoms with Gasteiger partial charge in [-0.2, -0.15) is 0 Å². The van der Waals surface area contributed by atoms with Crippen LogP contribution in [0.2, 0.25) is 19.6 Å². The first-order valence-electron chi connectivity index (χ1n) is 5.39. The van der Waals surface area contributed by atoms with Crippen LogP contribution in [0.5, 0.6) is 0 Å². The molecule has 0 heterocycles. The molecule has 0 amide bonds. The van der Waals surface area contributed by atoms with Crippen LogP contribution in [-0.4, -0.2) is 8.32 Å². The first-order valence-corrected chi connectivity index (χ1v) is 8.80. The summed E-state index contributed by atoms with van der Waals surface area (Å²) >= 11 is 0. The number of hydrogen-bond donors (Lipinski definition) is 0. The van der Waals surface area contributed by atoms with E-state index in [0.717, 1.165) is 12.2 Å². The van der Waals surface area contributed by atoms with Gasteiger partial charge in [0, 0.05) is 6.42 Å². The van der Waals surface area contributed by atoms with Gasteiger partial charge in [-0.05, 0) is 32.1 Å². The molecule has 2 heteroatoms. The van der Waals surface area contributed by atoms with Crippen LogP contribution in [0.3, 0.4) is 0 Å². The number of rotatable bonds is 4. The molecule has 0 unspecified atom stereocenters. The molecule has 0 aromatic heterocycles. The van der Waals surface area contributed by atoms with E-state index in [1.165, 1.54) is 5.56 Å². The number of benzene rings is 1. The minimum atomic E-state index is -1.46. The zero-order valence-corrected chi connectivity index (χ0v) is 11.1. The van der Waals surface area contributed by atoms with Crippen LogP contribution in [0.4, 0.5) is 0 Å². The van der Waals surface area contributed by atoms with Gasteiger partial charge in [-0.1, -0.05) is 36.4 Å². The molecule has 1 aromatic carbocycles. The number of allylic oxidation sites excluding steroid dienone is 2. The molecule has 0 aliphatic heterocycles. The van der Waals surface area contributed by atoms with E-state index < -0.39 is 8.32 Å². The monoisotopic (exact) mass is 220 g/mol. The molecule has 1 aromatic rings. The minimum Gasteiger partial charge on any atom is -0.547 e. The van der Waals surface area contributed by atoms with Crippen molar-refractivity contribution >= 4 is 8.32 Å². The van der Waals surface area contributed by atoms with Crippen LogP contribution in [0, 0.1) is 0 Å². The summed E-state index contributed by atoms with van der Waals surface area (Å²) in [5.41, 5.74) is 1.31. The summed E-state index contributed by atoms with van der Waals surface area (Å²) in [7, 11) is -1.46. The van der Waals surface area contributed by atoms with Crippen molar-refractivity contribution in [2.75, 3.05) is 0 Å². The summed E-state index contributed by atoms with van der Waals surface area (Å²) in [6, 6.07) is 10.4. The molecule has 82 valence electrons. The Morgan fingerprint density at radius 2 is 1.80 bits per heavy atom. The van der Waals surface area contributed by atoms with Gasteiger partial charge in [-0.25, -0.2) is 0 Å². The Kier molecular flexibility index (Phi) is 4.15. The Hall–Kier alpha value is -1.02. The molecule has 0 N–H and O–H groups in total. The van der Waals surface area contributed by atoms with E-state index in [-0.39, 0.29) is 0 Å². The normalized spacial score (nSPS) is 12.7. The Morgan fingerprint density at radius 1 is 1.20 bits per heavy atom. The van der Waals surface area contributed by atoms with E-state index in [1.807, 2.05) is 13.0 Å². The fraction of sp³-hybridized carbons (Fsp3) is 0.385. The fourth-order valence-electron chi connectivity index (χ4n) is 1.39. The lowest BCUT2D eigenvalue weighted by Crippen LogP contribution is -2.25. The van der Waals surface area contributed by atoms with Crippen LogP contribution in [0.25, 0.3) is 0 Å². The Labute approximate surface area is 93.9 Å². The van der Waals surface area contributed by atoms with E-state index in [1.54, 1.807) is 0 Å². The maximum Gasteiger partial charge on any atom is 0.241 e. The van der Waals surface area contributed by atoms with Crippen molar-refractivity contribution in [1.29, 1.82) is 0 Å². The quantitative estimate of drug-likeness (QED) is 0.551. The zero-order valence-electron chi connectivity index (χ0n) is 10.1. The Bertz CT molecular complexity index is 322. The van der Waals surface area contributed by atoms with Crippen molar-refractivity contribution in [3.05, 3.63) is 47.7 Å². The van der Waals surface area contributed by atoms with Crippen LogP contribution in [0.15, 0.2) is 42.2 Å². The van der Waals surface area contributed by atoms with E-state index in [4.69, 9.17) is 4.43 Å². The molecule has 0 fully saturated rings. The Morgan fingerprint density at radius 3 is 2.27 bits per heavy atom. The lowest BCUT2D eigenvalue weighted by atomic mass is 10.1. The summed E-state index contributed by atoms with van der Waals surface area (Å²) in [6.45, 7) is 8.67. The molecular weight excluding hydrogens is 200 g/mol. The molecule has 0 aliphatic carbocycles. The van der Waals surface area contributed by atoms with Gasteiger partial charge < -0.3 is 4.43 Å². The highest BCUT2D eigenvalue weighted by Gasteiger charge is 2.17. The van der Waals surface area contributed by atoms with Gasteiger partial charge in [0.2, 0.25) is 8.32 Å². The SMILES string of the molecule is C/C=C(\Cc1ccccc1)O[Si](C)(C)C. The van der Waals surface area contributed by atoms with Crippen molar-refractivity contribution in [2.45, 2.75) is 33.0 Å². The van der Waals surface area contributed by atoms with Gasteiger partial charge in [-0.15, -0.1) is 0 Å². The molecule has 1 nitrogen and oxygen atoms in total. The Balaban J connectivity index is 2.64. The van der Waals surface area contributed by atoms with Crippen molar-refractivity contribution in [1.82, 2.24) is 0 Å². The van der Waals surface area contributed by atoms with Crippen LogP contribution >= 0.6 is 0 Å². The van der Waals surface area contributed by atoms with Gasteiger partial charge in [0.05, 0.1) is 5.76 Å². The summed E-state index contributed by atoms with van der Waals surface area (Å²) in [6.07, 6.45) is 2.98. The van der Waals surface area contributed by atoms with Crippen molar-refractivity contribution in [3.8, 4) is 0 Å². The van der Waals surface area contributed by atoms with E-state index in [2.05, 4.69) is 50.0 Å². The molecule has 0 aliphatic rings. The number of hydrogen-bond acceptors (Lipinski definition) is 1. The highest BCUT2D eigenvalue weighted by atomic mass is 28.4. The summed E-state index contributed by atoms with van der Waals surface area (Å²) in [4.78, 5) is 0. The highest BCUT2D eigenvalue weighted by molar-refractivity contribution is 6.70. The first-order chi connectivity index (χ1) is 7.01. The van der Waals surface area contributed by atoms with Gasteiger partial charge >= 0.3 is 0 Å². The lowest BCUT2D eigenvalue weighted by molar-refractivity contribution is 0.408. The smallest absolute Gasteiger partial charge is 0.241 e. The summed E-state index contributed by atoms with van der Waals surface area (Å²) < 4.78 is 5.99. The standard InChI is InChI=1S/C13H20OSi/c1-5-13(14-15(2,3)4)11-12-9-7-6-8-10-12/h5-10H,11H2,1-4H3/b13-5+. The maximum atomic E-state index is 5.99. The molecule has 0 saturated carbocycles. The molecular formula is C13H20OSi. The van der Waals surface area contributed by atoms with Gasteiger partial charge in [0.25, 0.3) is 0 Å². The third kappa shape index (κ3) is 4.84. The van der Waals surface area contributed by atoms with Crippen molar-refractivity contribution in [2.24, 2.45) is 0 Å². The predicted molar refractivity (Wildman–Crippen MR) is 68.3 cm³/mol. The van der Waals surface area contributed by atoms with Gasteiger partial charge in [-0.3, -0.25) is 0 Å². The largest absolute Gasteiger partial charge is 0.547 e. The second-order valence-corrected chi connectivity index (χ2v) is 9.06. The van der Waals surface area contributed by atoms with Crippen LogP contribution in [0.1, 0.15) is 12.5 Å². The van der Waals surface area contributed by atoms with Crippen LogP contribution in [-0.2, 0) is 10.8 Å². The second kappa shape index (κ2) is 5.17. The van der Waals surface area contributed by atoms with Gasteiger partial charge in [0.1, 0.15) is 0 Å². The molecule has 0 radical (unpaired) electrons. The van der Waals surface area contributed by atoms with E-state index in [0.29, 0.717) is 0 Å². The average molecular weight is 220 g/mol. The third-order valence-electron chi connectivity index (χ3n) is 1.98. The molecule has 1 rings (SSSR count). The molecule has 0 atom stereocenters. The third-order valence-corrected chi connectivity index (χ3v) is 2.85. The topological polar surface area (TPSA) is 9.23 Å². The summed E-state index contributed by atoms with van der Waals surface area (Å²) in [5.74, 6) is 1.10. The molecule has 15 heavy (non-hydrogen) atoms. The average Bonchev–Trinajstić information content (AvgIpc) is 2.16. The minimum absolute atomic E-state index is 0.904. The first kappa shape index (κ1) is 12.0. The van der Waals surface area contributed by atoms with Crippen molar-refractivity contribution in [3.63, 3.8) is 0 Å². The molecule has 0 bridgehead atoms. The second-order valence-electron chi connectivity index (χ2n) is 4.63. The summed E-state index contributed by atoms with van der Waals surface area (Å²) in [5, 5.41) is 0. The lowest BCUT2D eigenvalue weighted by Gasteiger charge is -2.21. The molecule has 0 saturated heterocycles. The maximum absolute atomic E-state index is 5.99. The van der Waals surface area contributed by atoms with Gasteiger partial charge in [0.15, 0.2) is 0 Å². The van der Waals surface area contributed by atoms with E-state index in [9.17, 15) is 0 Å². The van der Waals surface area contributed by atoms with E-state index >= 15 is 0 Å². The molecule has 0 spiro atoms. The van der Waals surface area contributed by atoms with Crippen molar-refractivity contribution < 1.29 is 4.43 Å². The predicted octanol–water partition coefficient (Wildman–Crippen LogP) is 3.98. The highest BCUT2D eigenvalue weighted by Crippen LogP contribution is 2.15. The fourth-order valence-corrected chi connectivity index (χ4v) is 2.36. The van der Waals surface area contributed by atoms with Crippen LogP contribution < -0.4 is 0 Å².